The monoisotopic (exact) mass is 222 g/mol. The van der Waals surface area contributed by atoms with Gasteiger partial charge < -0.3 is 15.0 Å². The average Bonchev–Trinajstić information content (AvgIpc) is 2.30. The van der Waals surface area contributed by atoms with Crippen LogP contribution in [-0.2, 0) is 0 Å². The lowest BCUT2D eigenvalue weighted by Gasteiger charge is -2.36. The van der Waals surface area contributed by atoms with Gasteiger partial charge in [-0.25, -0.2) is 0 Å². The number of oxime groups is 1. The number of piperazine rings is 1. The van der Waals surface area contributed by atoms with Crippen LogP contribution in [0.1, 0.15) is 12.8 Å². The first-order valence-corrected chi connectivity index (χ1v) is 5.64. The molecule has 0 radical (unpaired) electrons. The van der Waals surface area contributed by atoms with Gasteiger partial charge >= 0.3 is 0 Å². The Morgan fingerprint density at radius 1 is 1.25 bits per heavy atom. The molecule has 0 spiro atoms. The molecule has 1 heterocycles. The van der Waals surface area contributed by atoms with Crippen molar-refractivity contribution in [1.82, 2.24) is 9.80 Å². The summed E-state index contributed by atoms with van der Waals surface area (Å²) >= 11 is 0. The summed E-state index contributed by atoms with van der Waals surface area (Å²) in [6.45, 7) is 4.21. The summed E-state index contributed by atoms with van der Waals surface area (Å²) in [4.78, 5) is 4.65. The summed E-state index contributed by atoms with van der Waals surface area (Å²) in [6.07, 6.45) is 3.39. The third-order valence-electron chi connectivity index (χ3n) is 3.27. The molecule has 1 fully saturated rings. The average molecular weight is 222 g/mol. The number of nitrogens with one attached hydrogen (secondary N) is 1. The fraction of sp³-hybridized carbons (Fsp3) is 0.636. The fourth-order valence-electron chi connectivity index (χ4n) is 2.15. The van der Waals surface area contributed by atoms with Gasteiger partial charge in [-0.2, -0.15) is 0 Å². The van der Waals surface area contributed by atoms with Crippen LogP contribution >= 0.6 is 0 Å². The maximum atomic E-state index is 8.69. The van der Waals surface area contributed by atoms with Crippen molar-refractivity contribution in [3.05, 3.63) is 11.8 Å². The van der Waals surface area contributed by atoms with Gasteiger partial charge in [-0.15, -0.1) is 0 Å². The Labute approximate surface area is 95.5 Å². The van der Waals surface area contributed by atoms with Crippen LogP contribution in [-0.4, -0.2) is 59.7 Å². The Morgan fingerprint density at radius 2 is 1.94 bits per heavy atom. The number of likely N-dealkylation sites (N-methyl/N-ethyl adjacent to an activating group) is 1. The Kier molecular flexibility index (Phi) is 3.24. The maximum absolute atomic E-state index is 8.69. The zero-order valence-electron chi connectivity index (χ0n) is 9.61. The largest absolute Gasteiger partial charge is 0.411 e. The van der Waals surface area contributed by atoms with E-state index in [0.717, 1.165) is 32.6 Å². The molecule has 1 aliphatic carbocycles. The minimum atomic E-state index is 0.350. The predicted octanol–water partition coefficient (Wildman–Crippen LogP) is 0.761. The van der Waals surface area contributed by atoms with E-state index in [2.05, 4.69) is 22.0 Å². The van der Waals surface area contributed by atoms with E-state index >= 15 is 0 Å². The molecule has 0 unspecified atom stereocenters. The molecule has 2 aliphatic rings. The molecule has 0 aromatic heterocycles. The minimum absolute atomic E-state index is 0.350. The van der Waals surface area contributed by atoms with Gasteiger partial charge in [0.2, 0.25) is 0 Å². The number of nitrogens with zero attached hydrogens (tertiary/aromatic N) is 3. The van der Waals surface area contributed by atoms with Crippen molar-refractivity contribution in [3.8, 4) is 0 Å². The number of rotatable bonds is 1. The van der Waals surface area contributed by atoms with Crippen molar-refractivity contribution in [2.24, 2.45) is 5.16 Å². The Bertz CT molecular complexity index is 340. The second-order valence-corrected chi connectivity index (χ2v) is 4.39. The Hall–Kier alpha value is -1.36. The summed E-state index contributed by atoms with van der Waals surface area (Å²) in [6, 6.07) is 0. The van der Waals surface area contributed by atoms with Gasteiger partial charge in [0.25, 0.3) is 0 Å². The van der Waals surface area contributed by atoms with Crippen LogP contribution in [0, 0.1) is 5.41 Å². The highest BCUT2D eigenvalue weighted by Gasteiger charge is 2.21. The summed E-state index contributed by atoms with van der Waals surface area (Å²) in [5.41, 5.74) is 2.06. The number of hydrogen-bond acceptors (Lipinski definition) is 5. The summed E-state index contributed by atoms with van der Waals surface area (Å²) < 4.78 is 0. The molecule has 88 valence electrons. The number of allylic oxidation sites excluding steroid dienone is 2. The summed E-state index contributed by atoms with van der Waals surface area (Å²) in [5.74, 6) is 0. The van der Waals surface area contributed by atoms with Crippen LogP contribution < -0.4 is 0 Å². The predicted molar refractivity (Wildman–Crippen MR) is 63.3 cm³/mol. The van der Waals surface area contributed by atoms with E-state index in [9.17, 15) is 0 Å². The van der Waals surface area contributed by atoms with Crippen LogP contribution in [0.25, 0.3) is 0 Å². The van der Waals surface area contributed by atoms with Crippen LogP contribution in [0.2, 0.25) is 0 Å². The zero-order chi connectivity index (χ0) is 11.5. The van der Waals surface area contributed by atoms with Crippen LogP contribution in [0.5, 0.6) is 0 Å². The van der Waals surface area contributed by atoms with Crippen LogP contribution in [0.3, 0.4) is 0 Å². The second kappa shape index (κ2) is 4.65. The molecule has 0 aromatic rings. The molecular weight excluding hydrogens is 204 g/mol. The normalized spacial score (nSPS) is 26.1. The lowest BCUT2D eigenvalue weighted by atomic mass is 9.99. The van der Waals surface area contributed by atoms with Gasteiger partial charge in [-0.05, 0) is 19.5 Å². The molecule has 5 nitrogen and oxygen atoms in total. The lowest BCUT2D eigenvalue weighted by molar-refractivity contribution is 0.182. The Balaban J connectivity index is 2.03. The Morgan fingerprint density at radius 3 is 2.50 bits per heavy atom. The number of hydrogen-bond donors (Lipinski definition) is 2. The van der Waals surface area contributed by atoms with E-state index in [4.69, 9.17) is 10.6 Å². The first-order valence-electron chi connectivity index (χ1n) is 5.64. The quantitative estimate of drug-likeness (QED) is 0.508. The zero-order valence-corrected chi connectivity index (χ0v) is 9.61. The van der Waals surface area contributed by atoms with Crippen molar-refractivity contribution >= 4 is 11.4 Å². The van der Waals surface area contributed by atoms with Gasteiger partial charge in [-0.1, -0.05) is 5.16 Å². The third-order valence-corrected chi connectivity index (χ3v) is 3.27. The third kappa shape index (κ3) is 2.24. The summed E-state index contributed by atoms with van der Waals surface area (Å²) in [7, 11) is 2.13. The summed E-state index contributed by atoms with van der Waals surface area (Å²) in [5, 5.41) is 19.6. The van der Waals surface area contributed by atoms with Crippen molar-refractivity contribution in [1.29, 1.82) is 5.41 Å². The fourth-order valence-corrected chi connectivity index (χ4v) is 2.15. The van der Waals surface area contributed by atoms with E-state index in [1.807, 2.05) is 6.08 Å². The van der Waals surface area contributed by atoms with E-state index in [-0.39, 0.29) is 0 Å². The molecule has 2 N–H and O–H groups in total. The minimum Gasteiger partial charge on any atom is -0.411 e. The first kappa shape index (κ1) is 11.1. The molecule has 0 atom stereocenters. The first-order chi connectivity index (χ1) is 7.70. The highest BCUT2D eigenvalue weighted by molar-refractivity contribution is 6.45. The van der Waals surface area contributed by atoms with E-state index < -0.39 is 0 Å². The lowest BCUT2D eigenvalue weighted by Crippen LogP contribution is -2.44. The van der Waals surface area contributed by atoms with Crippen LogP contribution in [0.15, 0.2) is 16.9 Å². The molecule has 0 saturated carbocycles. The molecule has 16 heavy (non-hydrogen) atoms. The molecule has 0 aromatic carbocycles. The topological polar surface area (TPSA) is 62.9 Å². The smallest absolute Gasteiger partial charge is 0.105 e. The standard InChI is InChI=1S/C11H18N4O/c1-14-4-6-15(7-5-14)9-2-3-11(13-16)10(12)8-9/h8,12,16H,2-7H2,1H3. The van der Waals surface area contributed by atoms with Crippen molar-refractivity contribution in [3.63, 3.8) is 0 Å². The maximum Gasteiger partial charge on any atom is 0.105 e. The van der Waals surface area contributed by atoms with Crippen molar-refractivity contribution in [2.45, 2.75) is 12.8 Å². The highest BCUT2D eigenvalue weighted by atomic mass is 16.4. The van der Waals surface area contributed by atoms with Gasteiger partial charge in [-0.3, -0.25) is 5.41 Å². The van der Waals surface area contributed by atoms with Gasteiger partial charge in [0, 0.05) is 38.3 Å². The molecule has 0 bridgehead atoms. The molecule has 5 heteroatoms. The van der Waals surface area contributed by atoms with Crippen molar-refractivity contribution in [2.75, 3.05) is 33.2 Å². The van der Waals surface area contributed by atoms with Gasteiger partial charge in [0.05, 0.1) is 5.71 Å². The molecule has 2 rings (SSSR count). The molecule has 1 saturated heterocycles. The molecular formula is C11H18N4O. The second-order valence-electron chi connectivity index (χ2n) is 4.39. The van der Waals surface area contributed by atoms with Crippen LogP contribution in [0.4, 0.5) is 0 Å². The highest BCUT2D eigenvalue weighted by Crippen LogP contribution is 2.19. The molecule has 0 amide bonds. The van der Waals surface area contributed by atoms with Gasteiger partial charge in [0.1, 0.15) is 5.71 Å². The molecule has 1 aliphatic heterocycles. The van der Waals surface area contributed by atoms with E-state index in [0.29, 0.717) is 17.8 Å². The van der Waals surface area contributed by atoms with E-state index in [1.54, 1.807) is 0 Å². The van der Waals surface area contributed by atoms with Gasteiger partial charge in [0.15, 0.2) is 0 Å². The van der Waals surface area contributed by atoms with E-state index in [1.165, 1.54) is 5.70 Å². The van der Waals surface area contributed by atoms with Crippen molar-refractivity contribution < 1.29 is 5.21 Å². The SMILES string of the molecule is CN1CCN(C2=CC(=N)C(=NO)CC2)CC1.